The molecule has 1 amide bonds. The molecule has 4 rings (SSSR count). The van der Waals surface area contributed by atoms with E-state index in [1.165, 1.54) is 29.4 Å². The Morgan fingerprint density at radius 2 is 2.12 bits per heavy atom. The van der Waals surface area contributed by atoms with Crippen molar-refractivity contribution in [1.82, 2.24) is 15.0 Å². The van der Waals surface area contributed by atoms with Gasteiger partial charge in [-0.25, -0.2) is 4.39 Å². The highest BCUT2D eigenvalue weighted by Crippen LogP contribution is 2.30. The van der Waals surface area contributed by atoms with Crippen molar-refractivity contribution < 1.29 is 18.1 Å². The van der Waals surface area contributed by atoms with E-state index in [4.69, 9.17) is 20.5 Å². The van der Waals surface area contributed by atoms with Crippen LogP contribution < -0.4 is 0 Å². The largest absolute Gasteiger partial charge is 0.461 e. The summed E-state index contributed by atoms with van der Waals surface area (Å²) in [5, 5.41) is 3.95. The van der Waals surface area contributed by atoms with Crippen molar-refractivity contribution in [3.05, 3.63) is 58.9 Å². The lowest BCUT2D eigenvalue weighted by Gasteiger charge is -2.37. The van der Waals surface area contributed by atoms with Crippen molar-refractivity contribution in [2.24, 2.45) is 0 Å². The van der Waals surface area contributed by atoms with E-state index in [-0.39, 0.29) is 16.5 Å². The number of likely N-dealkylation sites (tertiary alicyclic amines) is 1. The summed E-state index contributed by atoms with van der Waals surface area (Å²) in [5.41, 5.74) is -0.112. The zero-order valence-electron chi connectivity index (χ0n) is 12.3. The number of carbonyl (C=O) groups excluding carboxylic acids is 1. The maximum Gasteiger partial charge on any atom is 0.258 e. The average Bonchev–Trinajstić information content (AvgIpc) is 3.16. The minimum absolute atomic E-state index is 0.0873. The molecule has 0 atom stereocenters. The lowest BCUT2D eigenvalue weighted by atomic mass is 9.98. The number of hydrogen-bond acceptors (Lipinski definition) is 5. The van der Waals surface area contributed by atoms with Gasteiger partial charge in [0.2, 0.25) is 11.7 Å². The second kappa shape index (κ2) is 5.76. The van der Waals surface area contributed by atoms with E-state index < -0.39 is 11.7 Å². The number of aromatic nitrogens is 2. The van der Waals surface area contributed by atoms with Crippen molar-refractivity contribution >= 4 is 17.5 Å². The predicted molar refractivity (Wildman–Crippen MR) is 82.1 cm³/mol. The van der Waals surface area contributed by atoms with E-state index in [9.17, 15) is 9.18 Å². The molecule has 2 aromatic heterocycles. The lowest BCUT2D eigenvalue weighted by molar-refractivity contribution is 0.0564. The van der Waals surface area contributed by atoms with Gasteiger partial charge in [0.1, 0.15) is 5.82 Å². The van der Waals surface area contributed by atoms with E-state index in [2.05, 4.69) is 10.1 Å². The average molecular weight is 348 g/mol. The maximum absolute atomic E-state index is 13.8. The van der Waals surface area contributed by atoms with Crippen LogP contribution in [0.2, 0.25) is 5.02 Å². The van der Waals surface area contributed by atoms with Crippen LogP contribution >= 0.6 is 11.6 Å². The SMILES string of the molecule is O=C(c1c(F)cccc1Cl)N1CC(c2nc(-c3ccco3)no2)C1. The summed E-state index contributed by atoms with van der Waals surface area (Å²) in [6, 6.07) is 7.62. The number of carbonyl (C=O) groups is 1. The Hall–Kier alpha value is -2.67. The van der Waals surface area contributed by atoms with Gasteiger partial charge in [-0.3, -0.25) is 4.79 Å². The van der Waals surface area contributed by atoms with Gasteiger partial charge >= 0.3 is 0 Å². The Morgan fingerprint density at radius 3 is 2.83 bits per heavy atom. The third kappa shape index (κ3) is 2.46. The third-order valence-corrected chi connectivity index (χ3v) is 4.19. The van der Waals surface area contributed by atoms with Crippen LogP contribution in [0, 0.1) is 5.82 Å². The predicted octanol–water partition coefficient (Wildman–Crippen LogP) is 3.36. The van der Waals surface area contributed by atoms with E-state index >= 15 is 0 Å². The summed E-state index contributed by atoms with van der Waals surface area (Å²) in [6.45, 7) is 0.729. The first-order valence-corrected chi connectivity index (χ1v) is 7.62. The van der Waals surface area contributed by atoms with E-state index in [1.54, 1.807) is 12.1 Å². The zero-order valence-corrected chi connectivity index (χ0v) is 13.0. The van der Waals surface area contributed by atoms with Crippen LogP contribution in [-0.2, 0) is 0 Å². The Bertz CT molecular complexity index is 868. The quantitative estimate of drug-likeness (QED) is 0.726. The number of rotatable bonds is 3. The molecule has 1 aromatic carbocycles. The van der Waals surface area contributed by atoms with Gasteiger partial charge in [-0.2, -0.15) is 4.98 Å². The van der Waals surface area contributed by atoms with Crippen molar-refractivity contribution in [2.45, 2.75) is 5.92 Å². The first kappa shape index (κ1) is 14.9. The van der Waals surface area contributed by atoms with Gasteiger partial charge in [0.25, 0.3) is 5.91 Å². The fourth-order valence-electron chi connectivity index (χ4n) is 2.57. The molecule has 0 N–H and O–H groups in total. The molecule has 1 fully saturated rings. The summed E-state index contributed by atoms with van der Waals surface area (Å²) < 4.78 is 24.2. The van der Waals surface area contributed by atoms with Gasteiger partial charge in [-0.15, -0.1) is 0 Å². The van der Waals surface area contributed by atoms with Gasteiger partial charge in [0, 0.05) is 13.1 Å². The molecule has 0 saturated carbocycles. The standard InChI is InChI=1S/C16H11ClFN3O3/c17-10-3-1-4-11(18)13(10)16(22)21-7-9(8-21)15-19-14(20-24-15)12-5-2-6-23-12/h1-6,9H,7-8H2. The molecule has 3 aromatic rings. The Kier molecular flexibility index (Phi) is 3.57. The number of halogens is 2. The second-order valence-corrected chi connectivity index (χ2v) is 5.84. The topological polar surface area (TPSA) is 72.4 Å². The van der Waals surface area contributed by atoms with Crippen LogP contribution in [0.3, 0.4) is 0 Å². The summed E-state index contributed by atoms with van der Waals surface area (Å²) in [7, 11) is 0. The van der Waals surface area contributed by atoms with Gasteiger partial charge < -0.3 is 13.8 Å². The summed E-state index contributed by atoms with van der Waals surface area (Å²) >= 11 is 5.92. The van der Waals surface area contributed by atoms with Gasteiger partial charge in [0.05, 0.1) is 22.8 Å². The highest BCUT2D eigenvalue weighted by molar-refractivity contribution is 6.33. The van der Waals surface area contributed by atoms with Crippen LogP contribution in [0.15, 0.2) is 45.5 Å². The molecule has 0 radical (unpaired) electrons. The molecule has 3 heterocycles. The normalized spacial score (nSPS) is 14.7. The Morgan fingerprint density at radius 1 is 1.29 bits per heavy atom. The fourth-order valence-corrected chi connectivity index (χ4v) is 2.81. The van der Waals surface area contributed by atoms with Crippen LogP contribution in [-0.4, -0.2) is 34.0 Å². The van der Waals surface area contributed by atoms with Gasteiger partial charge in [-0.05, 0) is 24.3 Å². The number of hydrogen-bond donors (Lipinski definition) is 0. The number of benzene rings is 1. The van der Waals surface area contributed by atoms with Crippen LogP contribution in [0.1, 0.15) is 22.2 Å². The third-order valence-electron chi connectivity index (χ3n) is 3.88. The molecule has 0 aliphatic carbocycles. The molecule has 24 heavy (non-hydrogen) atoms. The van der Waals surface area contributed by atoms with Crippen molar-refractivity contribution in [3.63, 3.8) is 0 Å². The fraction of sp³-hybridized carbons (Fsp3) is 0.188. The Balaban J connectivity index is 1.46. The van der Waals surface area contributed by atoms with Crippen LogP contribution in [0.5, 0.6) is 0 Å². The molecule has 0 spiro atoms. The van der Waals surface area contributed by atoms with Crippen molar-refractivity contribution in [1.29, 1.82) is 0 Å². The van der Waals surface area contributed by atoms with E-state index in [0.717, 1.165) is 0 Å². The molecule has 6 nitrogen and oxygen atoms in total. The minimum Gasteiger partial charge on any atom is -0.461 e. The highest BCUT2D eigenvalue weighted by atomic mass is 35.5. The molecule has 1 saturated heterocycles. The number of nitrogens with zero attached hydrogens (tertiary/aromatic N) is 3. The van der Waals surface area contributed by atoms with E-state index in [1.807, 2.05) is 0 Å². The smallest absolute Gasteiger partial charge is 0.258 e. The first-order chi connectivity index (χ1) is 11.6. The first-order valence-electron chi connectivity index (χ1n) is 7.24. The monoisotopic (exact) mass is 347 g/mol. The summed E-state index contributed by atoms with van der Waals surface area (Å²) in [5.74, 6) is 0.127. The van der Waals surface area contributed by atoms with Gasteiger partial charge in [0.15, 0.2) is 5.76 Å². The van der Waals surface area contributed by atoms with Gasteiger partial charge in [-0.1, -0.05) is 22.8 Å². The molecular weight excluding hydrogens is 337 g/mol. The summed E-state index contributed by atoms with van der Waals surface area (Å²) in [4.78, 5) is 18.1. The molecular formula is C16H11ClFN3O3. The number of furan rings is 1. The minimum atomic E-state index is -0.631. The maximum atomic E-state index is 13.8. The molecule has 0 bridgehead atoms. The molecule has 122 valence electrons. The zero-order chi connectivity index (χ0) is 16.7. The van der Waals surface area contributed by atoms with Crippen LogP contribution in [0.4, 0.5) is 4.39 Å². The second-order valence-electron chi connectivity index (χ2n) is 5.44. The number of amides is 1. The lowest BCUT2D eigenvalue weighted by Crippen LogP contribution is -2.48. The molecule has 8 heteroatoms. The molecule has 1 aliphatic rings. The molecule has 0 unspecified atom stereocenters. The van der Waals surface area contributed by atoms with E-state index in [0.29, 0.717) is 30.6 Å². The van der Waals surface area contributed by atoms with Crippen LogP contribution in [0.25, 0.3) is 11.6 Å². The highest BCUT2D eigenvalue weighted by Gasteiger charge is 2.37. The van der Waals surface area contributed by atoms with Crippen molar-refractivity contribution in [3.8, 4) is 11.6 Å². The Labute approximate surface area is 140 Å². The molecule has 1 aliphatic heterocycles. The van der Waals surface area contributed by atoms with Crippen molar-refractivity contribution in [2.75, 3.05) is 13.1 Å². The summed E-state index contributed by atoms with van der Waals surface area (Å²) in [6.07, 6.45) is 1.52.